The molecule has 24 heavy (non-hydrogen) atoms. The molecule has 3 rings (SSSR count). The van der Waals surface area contributed by atoms with Crippen LogP contribution in [0.1, 0.15) is 44.5 Å². The van der Waals surface area contributed by atoms with Gasteiger partial charge in [-0.15, -0.1) is 11.3 Å². The van der Waals surface area contributed by atoms with E-state index in [9.17, 15) is 14.4 Å². The van der Waals surface area contributed by atoms with E-state index in [1.807, 2.05) is 19.1 Å². The van der Waals surface area contributed by atoms with Crippen LogP contribution in [0, 0.1) is 6.92 Å². The highest BCUT2D eigenvalue weighted by molar-refractivity contribution is 7.21. The van der Waals surface area contributed by atoms with Gasteiger partial charge in [0.05, 0.1) is 11.3 Å². The van der Waals surface area contributed by atoms with Crippen LogP contribution in [0.3, 0.4) is 0 Å². The number of hydrogen-bond acceptors (Lipinski definition) is 5. The Hall–Kier alpha value is -2.73. The first kappa shape index (κ1) is 16.1. The molecule has 3 aromatic rings. The van der Waals surface area contributed by atoms with Gasteiger partial charge >= 0.3 is 0 Å². The maximum absolute atomic E-state index is 12.7. The summed E-state index contributed by atoms with van der Waals surface area (Å²) >= 11 is 1.13. The second-order valence-electron chi connectivity index (χ2n) is 5.57. The number of rotatable bonds is 4. The van der Waals surface area contributed by atoms with E-state index in [4.69, 9.17) is 5.73 Å². The van der Waals surface area contributed by atoms with Gasteiger partial charge in [-0.2, -0.15) is 0 Å². The van der Waals surface area contributed by atoms with Crippen LogP contribution < -0.4 is 11.3 Å². The van der Waals surface area contributed by atoms with Crippen molar-refractivity contribution in [2.75, 3.05) is 5.73 Å². The van der Waals surface area contributed by atoms with Gasteiger partial charge in [-0.3, -0.25) is 14.4 Å². The van der Waals surface area contributed by atoms with Gasteiger partial charge in [0.15, 0.2) is 5.78 Å². The molecule has 0 spiro atoms. The molecule has 0 aliphatic heterocycles. The fourth-order valence-electron chi connectivity index (χ4n) is 2.48. The summed E-state index contributed by atoms with van der Waals surface area (Å²) in [4.78, 5) is 40.1. The molecule has 1 aromatic carbocycles. The summed E-state index contributed by atoms with van der Waals surface area (Å²) in [5.74, 6) is -0.451. The maximum Gasteiger partial charge on any atom is 0.259 e. The van der Waals surface area contributed by atoms with Crippen molar-refractivity contribution in [2.24, 2.45) is 0 Å². The minimum Gasteiger partial charge on any atom is -0.397 e. The predicted molar refractivity (Wildman–Crippen MR) is 96.1 cm³/mol. The number of carbonyl (C=O) groups excluding carboxylic acids is 2. The Morgan fingerprint density at radius 3 is 2.50 bits per heavy atom. The molecule has 0 amide bonds. The number of benzene rings is 1. The number of aromatic nitrogens is 1. The highest BCUT2D eigenvalue weighted by atomic mass is 32.1. The summed E-state index contributed by atoms with van der Waals surface area (Å²) in [6.07, 6.45) is 0.230. The van der Waals surface area contributed by atoms with Crippen molar-refractivity contribution in [3.05, 3.63) is 62.3 Å². The molecule has 0 aliphatic rings. The third kappa shape index (κ3) is 2.65. The smallest absolute Gasteiger partial charge is 0.259 e. The van der Waals surface area contributed by atoms with Gasteiger partial charge in [0.25, 0.3) is 5.56 Å². The summed E-state index contributed by atoms with van der Waals surface area (Å²) < 4.78 is 0. The van der Waals surface area contributed by atoms with Gasteiger partial charge in [-0.05, 0) is 13.0 Å². The first-order chi connectivity index (χ1) is 11.4. The fraction of sp³-hybridized carbons (Fsp3) is 0.167. The lowest BCUT2D eigenvalue weighted by Crippen LogP contribution is -2.16. The number of carbonyl (C=O) groups is 2. The van der Waals surface area contributed by atoms with Gasteiger partial charge in [0.1, 0.15) is 9.71 Å². The van der Waals surface area contributed by atoms with Crippen LogP contribution in [-0.2, 0) is 0 Å². The predicted octanol–water partition coefficient (Wildman–Crippen LogP) is 3.30. The zero-order valence-corrected chi connectivity index (χ0v) is 14.1. The van der Waals surface area contributed by atoms with Crippen LogP contribution in [-0.4, -0.2) is 16.6 Å². The number of ketones is 2. The Morgan fingerprint density at radius 2 is 1.88 bits per heavy atom. The Balaban J connectivity index is 2.15. The molecule has 0 aliphatic carbocycles. The number of fused-ring (bicyclic) bond motifs is 1. The number of nitrogen functional groups attached to an aromatic ring is 1. The number of thiophene rings is 1. The monoisotopic (exact) mass is 340 g/mol. The molecule has 2 heterocycles. The van der Waals surface area contributed by atoms with E-state index >= 15 is 0 Å². The van der Waals surface area contributed by atoms with Gasteiger partial charge in [0, 0.05) is 17.4 Å². The molecule has 3 N–H and O–H groups in total. The van der Waals surface area contributed by atoms with E-state index in [1.54, 1.807) is 19.1 Å². The maximum atomic E-state index is 12.7. The average Bonchev–Trinajstić information content (AvgIpc) is 2.89. The number of nitrogens with two attached hydrogens (primary N) is 1. The highest BCUT2D eigenvalue weighted by Gasteiger charge is 2.20. The Bertz CT molecular complexity index is 1010. The van der Waals surface area contributed by atoms with Crippen LogP contribution in [0.5, 0.6) is 0 Å². The molecular formula is C18H16N2O3S. The lowest BCUT2D eigenvalue weighted by molar-refractivity contribution is 0.0986. The molecule has 0 atom stereocenters. The number of anilines is 1. The minimum atomic E-state index is -0.454. The third-order valence-corrected chi connectivity index (χ3v) is 5.02. The number of aryl methyl sites for hydroxylation is 1. The number of pyridine rings is 1. The summed E-state index contributed by atoms with van der Waals surface area (Å²) in [6.45, 7) is 3.63. The Labute approximate surface area is 142 Å². The van der Waals surface area contributed by atoms with Crippen molar-refractivity contribution in [2.45, 2.75) is 20.3 Å². The first-order valence-corrected chi connectivity index (χ1v) is 8.34. The van der Waals surface area contributed by atoms with Crippen LogP contribution in [0.15, 0.2) is 35.1 Å². The molecule has 2 aromatic heterocycles. The topological polar surface area (TPSA) is 93.0 Å². The molecule has 122 valence electrons. The van der Waals surface area contributed by atoms with E-state index in [1.165, 1.54) is 6.07 Å². The number of nitrogens with one attached hydrogen (secondary N) is 1. The first-order valence-electron chi connectivity index (χ1n) is 7.52. The summed E-state index contributed by atoms with van der Waals surface area (Å²) in [5.41, 5.74) is 7.63. The number of H-pyrrole nitrogens is 1. The summed E-state index contributed by atoms with van der Waals surface area (Å²) in [7, 11) is 0. The van der Waals surface area contributed by atoms with Crippen molar-refractivity contribution < 1.29 is 9.59 Å². The van der Waals surface area contributed by atoms with E-state index in [-0.39, 0.29) is 23.6 Å². The van der Waals surface area contributed by atoms with Crippen LogP contribution >= 0.6 is 11.3 Å². The molecule has 0 radical (unpaired) electrons. The second-order valence-corrected chi connectivity index (χ2v) is 6.59. The molecule has 0 saturated carbocycles. The summed E-state index contributed by atoms with van der Waals surface area (Å²) in [6, 6.07) is 8.69. The van der Waals surface area contributed by atoms with Crippen LogP contribution in [0.2, 0.25) is 0 Å². The van der Waals surface area contributed by atoms with Gasteiger partial charge in [-0.1, -0.05) is 36.8 Å². The fourth-order valence-corrected chi connectivity index (χ4v) is 3.53. The SMILES string of the molecule is CCC(=O)c1cc2c(N)c(C(=O)c3ccc(C)cc3)sc2[nH]c1=O. The van der Waals surface area contributed by atoms with Gasteiger partial charge < -0.3 is 10.7 Å². The van der Waals surface area contributed by atoms with Crippen molar-refractivity contribution in [3.8, 4) is 0 Å². The number of hydrogen-bond donors (Lipinski definition) is 2. The molecular weight excluding hydrogens is 324 g/mol. The average molecular weight is 340 g/mol. The lowest BCUT2D eigenvalue weighted by Gasteiger charge is -2.01. The number of Topliss-reactive ketones (excluding diaryl/α,β-unsaturated/α-hetero) is 1. The van der Waals surface area contributed by atoms with Crippen molar-refractivity contribution in [1.29, 1.82) is 0 Å². The van der Waals surface area contributed by atoms with E-state index < -0.39 is 5.56 Å². The molecule has 0 fully saturated rings. The Kier molecular flexibility index (Phi) is 4.07. The minimum absolute atomic E-state index is 0.0730. The normalized spacial score (nSPS) is 10.9. The molecule has 0 saturated heterocycles. The molecule has 6 heteroatoms. The van der Waals surface area contributed by atoms with E-state index in [2.05, 4.69) is 4.98 Å². The Morgan fingerprint density at radius 1 is 1.21 bits per heavy atom. The standard InChI is InChI=1S/C18H16N2O3S/c1-3-13(21)11-8-12-14(19)16(24-18(12)20-17(11)23)15(22)10-6-4-9(2)5-7-10/h4-8H,3,19H2,1-2H3,(H,20,23). The largest absolute Gasteiger partial charge is 0.397 e. The lowest BCUT2D eigenvalue weighted by atomic mass is 10.1. The highest BCUT2D eigenvalue weighted by Crippen LogP contribution is 2.33. The van der Waals surface area contributed by atoms with Crippen molar-refractivity contribution in [3.63, 3.8) is 0 Å². The second kappa shape index (κ2) is 6.05. The summed E-state index contributed by atoms with van der Waals surface area (Å²) in [5, 5.41) is 0.534. The van der Waals surface area contributed by atoms with E-state index in [0.717, 1.165) is 16.9 Å². The quantitative estimate of drug-likeness (QED) is 0.713. The van der Waals surface area contributed by atoms with Crippen molar-refractivity contribution >= 4 is 38.8 Å². The zero-order chi connectivity index (χ0) is 17.4. The number of aromatic amines is 1. The molecule has 0 unspecified atom stereocenters. The zero-order valence-electron chi connectivity index (χ0n) is 13.3. The van der Waals surface area contributed by atoms with Crippen LogP contribution in [0.25, 0.3) is 10.2 Å². The van der Waals surface area contributed by atoms with Gasteiger partial charge in [-0.25, -0.2) is 0 Å². The van der Waals surface area contributed by atoms with Gasteiger partial charge in [0.2, 0.25) is 5.78 Å². The third-order valence-electron chi connectivity index (χ3n) is 3.89. The van der Waals surface area contributed by atoms with E-state index in [0.29, 0.717) is 26.3 Å². The van der Waals surface area contributed by atoms with Crippen LogP contribution in [0.4, 0.5) is 5.69 Å². The molecule has 5 nitrogen and oxygen atoms in total. The van der Waals surface area contributed by atoms with Crippen molar-refractivity contribution in [1.82, 2.24) is 4.98 Å². The molecule has 0 bridgehead atoms.